The monoisotopic (exact) mass is 482 g/mol. The van der Waals surface area contributed by atoms with Gasteiger partial charge < -0.3 is 26.2 Å². The van der Waals surface area contributed by atoms with Crippen LogP contribution in [-0.4, -0.2) is 68.5 Å². The van der Waals surface area contributed by atoms with Gasteiger partial charge in [-0.3, -0.25) is 19.3 Å². The topological polar surface area (TPSA) is 161 Å². The molecule has 0 spiro atoms. The maximum absolute atomic E-state index is 13.8. The second-order valence-corrected chi connectivity index (χ2v) is 10.5. The molecule has 4 aliphatic carbocycles. The maximum Gasteiger partial charge on any atom is 0.255 e. The van der Waals surface area contributed by atoms with E-state index in [0.717, 1.165) is 36.8 Å². The molecular weight excluding hydrogens is 452 g/mol. The Bertz CT molecular complexity index is 1220. The highest BCUT2D eigenvalue weighted by molar-refractivity contribution is 6.24. The number of rotatable bonds is 3. The third kappa shape index (κ3) is 3.11. The van der Waals surface area contributed by atoms with Gasteiger partial charge in [-0.2, -0.15) is 0 Å². The number of amides is 1. The van der Waals surface area contributed by atoms with Gasteiger partial charge in [-0.05, 0) is 68.8 Å². The fraction of sp³-hybridized carbons (Fsp3) is 0.500. The Morgan fingerprint density at radius 1 is 1.09 bits per heavy atom. The Hall–Kier alpha value is -3.17. The molecule has 2 fully saturated rings. The quantitative estimate of drug-likeness (QED) is 0.406. The minimum absolute atomic E-state index is 0.103. The standard InChI is InChI=1S/C26H30N2O7/c1-28(2)20-15-10-12-9-14-13(11-5-3-4-6-11)7-8-16(29)18(14)21(30)17(12)23(32)26(15,35)24(33)19(22(20)31)25(27)34/h7-8,11-12,15,20,29-30,33,35H,3-6,9-10H2,1-2H3,(H2,27,34)/t12-,15-,20-,26-/m0/s1. The first kappa shape index (κ1) is 23.6. The first-order valence-corrected chi connectivity index (χ1v) is 12.0. The average Bonchev–Trinajstić information content (AvgIpc) is 3.30. The molecule has 1 amide bonds. The van der Waals surface area contributed by atoms with Gasteiger partial charge in [-0.25, -0.2) is 0 Å². The van der Waals surface area contributed by atoms with Crippen LogP contribution in [0.1, 0.15) is 54.7 Å². The van der Waals surface area contributed by atoms with Crippen LogP contribution in [0.4, 0.5) is 0 Å². The predicted octanol–water partition coefficient (Wildman–Crippen LogP) is 1.62. The van der Waals surface area contributed by atoms with Crippen molar-refractivity contribution in [1.29, 1.82) is 0 Å². The van der Waals surface area contributed by atoms with Crippen molar-refractivity contribution in [2.75, 3.05) is 14.1 Å². The molecule has 9 heteroatoms. The fourth-order valence-electron chi connectivity index (χ4n) is 6.89. The molecule has 35 heavy (non-hydrogen) atoms. The molecule has 1 aromatic rings. The summed E-state index contributed by atoms with van der Waals surface area (Å²) in [4.78, 5) is 40.5. The lowest BCUT2D eigenvalue weighted by atomic mass is 9.57. The summed E-state index contributed by atoms with van der Waals surface area (Å²) in [7, 11) is 3.17. The van der Waals surface area contributed by atoms with Crippen molar-refractivity contribution in [3.8, 4) is 5.75 Å². The molecule has 9 nitrogen and oxygen atoms in total. The minimum Gasteiger partial charge on any atom is -0.508 e. The third-order valence-corrected chi connectivity index (χ3v) is 8.44. The van der Waals surface area contributed by atoms with Crippen LogP contribution in [-0.2, 0) is 20.8 Å². The van der Waals surface area contributed by atoms with Crippen molar-refractivity contribution >= 4 is 23.2 Å². The number of hydrogen-bond donors (Lipinski definition) is 5. The summed E-state index contributed by atoms with van der Waals surface area (Å²) >= 11 is 0. The van der Waals surface area contributed by atoms with Crippen molar-refractivity contribution in [3.05, 3.63) is 45.7 Å². The van der Waals surface area contributed by atoms with Gasteiger partial charge in [0.05, 0.1) is 11.6 Å². The number of phenolic OH excluding ortho intramolecular Hbond substituents is 1. The summed E-state index contributed by atoms with van der Waals surface area (Å²) in [6, 6.07) is 2.31. The molecule has 4 aliphatic rings. The lowest BCUT2D eigenvalue weighted by Gasteiger charge is -2.50. The van der Waals surface area contributed by atoms with E-state index in [9.17, 15) is 34.8 Å². The van der Waals surface area contributed by atoms with Crippen LogP contribution < -0.4 is 5.73 Å². The number of aliphatic hydroxyl groups is 3. The lowest BCUT2D eigenvalue weighted by Crippen LogP contribution is -2.65. The second kappa shape index (κ2) is 7.93. The number of benzene rings is 1. The zero-order valence-corrected chi connectivity index (χ0v) is 19.7. The Labute approximate surface area is 202 Å². The highest BCUT2D eigenvalue weighted by Crippen LogP contribution is 2.53. The number of Topliss-reactive ketones (excluding diaryl/α,β-unsaturated/α-hetero) is 2. The second-order valence-electron chi connectivity index (χ2n) is 10.5. The van der Waals surface area contributed by atoms with E-state index < -0.39 is 58.0 Å². The van der Waals surface area contributed by atoms with Crippen LogP contribution >= 0.6 is 0 Å². The van der Waals surface area contributed by atoms with Gasteiger partial charge in [-0.1, -0.05) is 18.9 Å². The first-order valence-electron chi connectivity index (χ1n) is 12.0. The van der Waals surface area contributed by atoms with Crippen molar-refractivity contribution in [2.45, 2.75) is 56.1 Å². The van der Waals surface area contributed by atoms with E-state index in [2.05, 4.69) is 0 Å². The molecule has 0 heterocycles. The SMILES string of the molecule is CN(C)[C@@H]1C(=O)C(C(N)=O)=C(O)[C@@]2(O)C(=O)C3=C(O)c4c(O)ccc(C5CCCC5)c4C[C@H]3C[C@@H]12. The normalized spacial score (nSPS) is 31.0. The third-order valence-electron chi connectivity index (χ3n) is 8.44. The first-order chi connectivity index (χ1) is 16.5. The highest BCUT2D eigenvalue weighted by atomic mass is 16.3. The lowest BCUT2D eigenvalue weighted by molar-refractivity contribution is -0.153. The molecular formula is C26H30N2O7. The van der Waals surface area contributed by atoms with Crippen LogP contribution in [0.25, 0.3) is 5.76 Å². The van der Waals surface area contributed by atoms with Crippen molar-refractivity contribution in [2.24, 2.45) is 17.6 Å². The van der Waals surface area contributed by atoms with Crippen LogP contribution in [0, 0.1) is 11.8 Å². The van der Waals surface area contributed by atoms with Gasteiger partial charge in [0.15, 0.2) is 11.4 Å². The van der Waals surface area contributed by atoms with E-state index in [-0.39, 0.29) is 23.3 Å². The number of carbonyl (C=O) groups is 3. The Kier molecular flexibility index (Phi) is 5.34. The summed E-state index contributed by atoms with van der Waals surface area (Å²) < 4.78 is 0. The van der Waals surface area contributed by atoms with Crippen molar-refractivity contribution < 1.29 is 34.8 Å². The summed E-state index contributed by atoms with van der Waals surface area (Å²) in [6.45, 7) is 0. The Morgan fingerprint density at radius 2 is 1.74 bits per heavy atom. The van der Waals surface area contributed by atoms with E-state index in [4.69, 9.17) is 5.73 Å². The van der Waals surface area contributed by atoms with Gasteiger partial charge in [0, 0.05) is 11.5 Å². The van der Waals surface area contributed by atoms with Crippen molar-refractivity contribution in [3.63, 3.8) is 0 Å². The summed E-state index contributed by atoms with van der Waals surface area (Å²) in [6.07, 6.45) is 4.66. The van der Waals surface area contributed by atoms with Crippen LogP contribution in [0.3, 0.4) is 0 Å². The van der Waals surface area contributed by atoms with E-state index in [1.807, 2.05) is 6.07 Å². The minimum atomic E-state index is -2.61. The van der Waals surface area contributed by atoms with E-state index in [0.29, 0.717) is 12.3 Å². The molecule has 0 aromatic heterocycles. The molecule has 6 N–H and O–H groups in total. The predicted molar refractivity (Wildman–Crippen MR) is 125 cm³/mol. The number of ketones is 2. The Balaban J connectivity index is 1.72. The molecule has 0 saturated heterocycles. The number of nitrogens with zero attached hydrogens (tertiary/aromatic N) is 1. The number of hydrogen-bond acceptors (Lipinski definition) is 8. The van der Waals surface area contributed by atoms with Crippen LogP contribution in [0.5, 0.6) is 5.75 Å². The van der Waals surface area contributed by atoms with Gasteiger partial charge >= 0.3 is 0 Å². The molecule has 1 aromatic carbocycles. The number of likely N-dealkylation sites (N-methyl/N-ethyl adjacent to an activating group) is 1. The van der Waals surface area contributed by atoms with E-state index >= 15 is 0 Å². The van der Waals surface area contributed by atoms with Gasteiger partial charge in [-0.15, -0.1) is 0 Å². The molecule has 4 atom stereocenters. The molecule has 186 valence electrons. The summed E-state index contributed by atoms with van der Waals surface area (Å²) in [5, 5.41) is 44.4. The molecule has 0 unspecified atom stereocenters. The summed E-state index contributed by atoms with van der Waals surface area (Å²) in [5.41, 5.74) is 3.80. The van der Waals surface area contributed by atoms with E-state index in [1.54, 1.807) is 14.1 Å². The molecule has 0 radical (unpaired) electrons. The van der Waals surface area contributed by atoms with Crippen molar-refractivity contribution in [1.82, 2.24) is 4.90 Å². The van der Waals surface area contributed by atoms with Gasteiger partial charge in [0.1, 0.15) is 22.8 Å². The molecule has 5 rings (SSSR count). The average molecular weight is 483 g/mol. The Morgan fingerprint density at radius 3 is 2.34 bits per heavy atom. The zero-order valence-electron chi connectivity index (χ0n) is 19.7. The molecule has 0 aliphatic heterocycles. The highest BCUT2D eigenvalue weighted by Gasteiger charge is 2.64. The number of phenols is 1. The smallest absolute Gasteiger partial charge is 0.255 e. The number of fused-ring (bicyclic) bond motifs is 3. The molecule has 0 bridgehead atoms. The largest absolute Gasteiger partial charge is 0.508 e. The number of nitrogens with two attached hydrogens (primary N) is 1. The van der Waals surface area contributed by atoms with Crippen LogP contribution in [0.2, 0.25) is 0 Å². The number of primary amides is 1. The van der Waals surface area contributed by atoms with Crippen LogP contribution in [0.15, 0.2) is 29.0 Å². The zero-order chi connectivity index (χ0) is 25.4. The van der Waals surface area contributed by atoms with Gasteiger partial charge in [0.2, 0.25) is 5.78 Å². The maximum atomic E-state index is 13.8. The summed E-state index contributed by atoms with van der Waals surface area (Å²) in [5.74, 6) is -5.96. The number of aromatic hydroxyl groups is 1. The fourth-order valence-corrected chi connectivity index (χ4v) is 6.89. The van der Waals surface area contributed by atoms with Gasteiger partial charge in [0.25, 0.3) is 5.91 Å². The van der Waals surface area contributed by atoms with E-state index in [1.165, 1.54) is 11.0 Å². The number of aliphatic hydroxyl groups excluding tert-OH is 2. The number of carbonyl (C=O) groups excluding carboxylic acids is 3. The molecule has 2 saturated carbocycles.